The summed E-state index contributed by atoms with van der Waals surface area (Å²) >= 11 is 0. The Morgan fingerprint density at radius 3 is 2.59 bits per heavy atom. The molecule has 0 saturated carbocycles. The largest absolute Gasteiger partial charge is 0.339 e. The summed E-state index contributed by atoms with van der Waals surface area (Å²) in [6.45, 7) is 6.76. The number of nitrogens with zero attached hydrogens (tertiary/aromatic N) is 3. The second kappa shape index (κ2) is 8.62. The molecule has 2 aromatic carbocycles. The molecule has 0 bridgehead atoms. The van der Waals surface area contributed by atoms with Crippen molar-refractivity contribution >= 4 is 11.6 Å². The molecule has 0 saturated heterocycles. The fourth-order valence-corrected chi connectivity index (χ4v) is 2.97. The van der Waals surface area contributed by atoms with Crippen LogP contribution in [0.2, 0.25) is 0 Å². The maximum atomic E-state index is 12.7. The van der Waals surface area contributed by atoms with Gasteiger partial charge in [0.05, 0.1) is 0 Å². The summed E-state index contributed by atoms with van der Waals surface area (Å²) in [5.74, 6) is 1.10. The van der Waals surface area contributed by atoms with E-state index < -0.39 is 0 Å². The highest BCUT2D eigenvalue weighted by Crippen LogP contribution is 2.19. The van der Waals surface area contributed by atoms with Crippen LogP contribution in [0.25, 0.3) is 11.4 Å². The fraction of sp³-hybridized carbons (Fsp3) is 0.318. The summed E-state index contributed by atoms with van der Waals surface area (Å²) in [5, 5.41) is 4.03. The van der Waals surface area contributed by atoms with E-state index in [1.165, 1.54) is 11.1 Å². The minimum atomic E-state index is 0.0563. The molecular formula is C22H25N3O2. The van der Waals surface area contributed by atoms with Crippen molar-refractivity contribution in [2.24, 2.45) is 0 Å². The summed E-state index contributed by atoms with van der Waals surface area (Å²) in [6.07, 6.45) is 1.71. The van der Waals surface area contributed by atoms with Gasteiger partial charge in [0.15, 0.2) is 0 Å². The molecule has 5 heteroatoms. The van der Waals surface area contributed by atoms with Crippen LogP contribution in [0.3, 0.4) is 0 Å². The third kappa shape index (κ3) is 4.61. The number of amides is 1. The van der Waals surface area contributed by atoms with Crippen molar-refractivity contribution < 1.29 is 9.32 Å². The molecule has 140 valence electrons. The van der Waals surface area contributed by atoms with Gasteiger partial charge in [-0.25, -0.2) is 0 Å². The summed E-state index contributed by atoms with van der Waals surface area (Å²) in [6, 6.07) is 16.1. The highest BCUT2D eigenvalue weighted by molar-refractivity contribution is 5.93. The van der Waals surface area contributed by atoms with Crippen LogP contribution >= 0.6 is 0 Å². The molecule has 3 aromatic rings. The molecule has 1 aromatic heterocycles. The number of anilines is 1. The number of aromatic nitrogens is 2. The molecule has 0 spiro atoms. The van der Waals surface area contributed by atoms with Crippen LogP contribution in [0.4, 0.5) is 5.69 Å². The molecule has 0 aliphatic heterocycles. The van der Waals surface area contributed by atoms with E-state index in [1.54, 1.807) is 4.90 Å². The van der Waals surface area contributed by atoms with Crippen LogP contribution < -0.4 is 4.90 Å². The minimum absolute atomic E-state index is 0.0563. The first-order valence-corrected chi connectivity index (χ1v) is 9.39. The monoisotopic (exact) mass is 363 g/mol. The SMILES string of the molecule is CCc1cccc(N(CC)C(=O)CCc2nc(-c3ccc(C)cc3)no2)c1. The van der Waals surface area contributed by atoms with Gasteiger partial charge in [0, 0.05) is 30.6 Å². The number of hydrogen-bond acceptors (Lipinski definition) is 4. The van der Waals surface area contributed by atoms with Crippen molar-refractivity contribution in [1.29, 1.82) is 0 Å². The van der Waals surface area contributed by atoms with Gasteiger partial charge in [0.2, 0.25) is 17.6 Å². The molecule has 0 fully saturated rings. The topological polar surface area (TPSA) is 59.2 Å². The molecule has 1 heterocycles. The molecule has 1 amide bonds. The third-order valence-electron chi connectivity index (χ3n) is 4.58. The zero-order valence-electron chi connectivity index (χ0n) is 16.1. The van der Waals surface area contributed by atoms with Gasteiger partial charge in [-0.2, -0.15) is 4.98 Å². The fourth-order valence-electron chi connectivity index (χ4n) is 2.97. The van der Waals surface area contributed by atoms with Crippen molar-refractivity contribution in [3.63, 3.8) is 0 Å². The minimum Gasteiger partial charge on any atom is -0.339 e. The van der Waals surface area contributed by atoms with Crippen molar-refractivity contribution in [1.82, 2.24) is 10.1 Å². The molecule has 0 aliphatic rings. The Balaban J connectivity index is 1.65. The van der Waals surface area contributed by atoms with Crippen LogP contribution in [-0.4, -0.2) is 22.6 Å². The summed E-state index contributed by atoms with van der Waals surface area (Å²) in [7, 11) is 0. The quantitative estimate of drug-likeness (QED) is 0.616. The first-order chi connectivity index (χ1) is 13.1. The van der Waals surface area contributed by atoms with Gasteiger partial charge < -0.3 is 9.42 Å². The molecule has 0 aliphatic carbocycles. The molecular weight excluding hydrogens is 338 g/mol. The van der Waals surface area contributed by atoms with Crippen molar-refractivity contribution in [3.05, 3.63) is 65.5 Å². The van der Waals surface area contributed by atoms with Gasteiger partial charge in [-0.3, -0.25) is 4.79 Å². The lowest BCUT2D eigenvalue weighted by atomic mass is 10.1. The van der Waals surface area contributed by atoms with Crippen molar-refractivity contribution in [2.75, 3.05) is 11.4 Å². The number of rotatable bonds is 7. The summed E-state index contributed by atoms with van der Waals surface area (Å²) in [5.41, 5.74) is 4.25. The lowest BCUT2D eigenvalue weighted by Crippen LogP contribution is -2.30. The van der Waals surface area contributed by atoms with E-state index in [0.717, 1.165) is 17.7 Å². The molecule has 0 unspecified atom stereocenters. The third-order valence-corrected chi connectivity index (χ3v) is 4.58. The standard InChI is InChI=1S/C22H25N3O2/c1-4-17-7-6-8-19(15-17)25(5-2)21(26)14-13-20-23-22(24-27-20)18-11-9-16(3)10-12-18/h6-12,15H,4-5,13-14H2,1-3H3. The van der Waals surface area contributed by atoms with Gasteiger partial charge in [0.1, 0.15) is 0 Å². The van der Waals surface area contributed by atoms with Crippen LogP contribution in [0, 0.1) is 6.92 Å². The summed E-state index contributed by atoms with van der Waals surface area (Å²) in [4.78, 5) is 18.9. The van der Waals surface area contributed by atoms with Gasteiger partial charge in [-0.1, -0.05) is 54.0 Å². The summed E-state index contributed by atoms with van der Waals surface area (Å²) < 4.78 is 5.32. The maximum absolute atomic E-state index is 12.7. The van der Waals surface area contributed by atoms with Crippen LogP contribution in [-0.2, 0) is 17.6 Å². The Kier molecular flexibility index (Phi) is 6.01. The number of carbonyl (C=O) groups excluding carboxylic acids is 1. The Bertz CT molecular complexity index is 900. The number of benzene rings is 2. The van der Waals surface area contributed by atoms with E-state index in [2.05, 4.69) is 29.2 Å². The molecule has 0 atom stereocenters. The van der Waals surface area contributed by atoms with E-state index >= 15 is 0 Å². The Hall–Kier alpha value is -2.95. The van der Waals surface area contributed by atoms with Crippen molar-refractivity contribution in [2.45, 2.75) is 40.0 Å². The van der Waals surface area contributed by atoms with Crippen LogP contribution in [0.15, 0.2) is 53.1 Å². The lowest BCUT2D eigenvalue weighted by Gasteiger charge is -2.21. The second-order valence-corrected chi connectivity index (χ2v) is 6.54. The highest BCUT2D eigenvalue weighted by atomic mass is 16.5. The van der Waals surface area contributed by atoms with Crippen molar-refractivity contribution in [3.8, 4) is 11.4 Å². The number of carbonyl (C=O) groups is 1. The second-order valence-electron chi connectivity index (χ2n) is 6.54. The highest BCUT2D eigenvalue weighted by Gasteiger charge is 2.16. The normalized spacial score (nSPS) is 10.8. The average Bonchev–Trinajstić information content (AvgIpc) is 3.17. The van der Waals surface area contributed by atoms with Crippen LogP contribution in [0.5, 0.6) is 0 Å². The maximum Gasteiger partial charge on any atom is 0.227 e. The van der Waals surface area contributed by atoms with Gasteiger partial charge in [-0.15, -0.1) is 0 Å². The van der Waals surface area contributed by atoms with E-state index in [9.17, 15) is 4.79 Å². The number of aryl methyl sites for hydroxylation is 3. The Morgan fingerprint density at radius 2 is 1.89 bits per heavy atom. The first kappa shape index (κ1) is 18.8. The zero-order valence-corrected chi connectivity index (χ0v) is 16.1. The zero-order chi connectivity index (χ0) is 19.2. The van der Waals surface area contributed by atoms with E-state index in [0.29, 0.717) is 31.1 Å². The smallest absolute Gasteiger partial charge is 0.227 e. The molecule has 5 nitrogen and oxygen atoms in total. The molecule has 0 N–H and O–H groups in total. The molecule has 27 heavy (non-hydrogen) atoms. The van der Waals surface area contributed by atoms with Gasteiger partial charge in [0.25, 0.3) is 0 Å². The average molecular weight is 363 g/mol. The van der Waals surface area contributed by atoms with E-state index in [1.807, 2.05) is 50.2 Å². The van der Waals surface area contributed by atoms with E-state index in [4.69, 9.17) is 4.52 Å². The lowest BCUT2D eigenvalue weighted by molar-refractivity contribution is -0.118. The Labute approximate surface area is 160 Å². The van der Waals surface area contributed by atoms with E-state index in [-0.39, 0.29) is 5.91 Å². The predicted octanol–water partition coefficient (Wildman–Crippen LogP) is 4.59. The first-order valence-electron chi connectivity index (χ1n) is 9.39. The Morgan fingerprint density at radius 1 is 1.11 bits per heavy atom. The van der Waals surface area contributed by atoms with Gasteiger partial charge in [-0.05, 0) is 38.0 Å². The molecule has 0 radical (unpaired) electrons. The predicted molar refractivity (Wildman–Crippen MR) is 107 cm³/mol. The molecule has 3 rings (SSSR count). The van der Waals surface area contributed by atoms with Gasteiger partial charge >= 0.3 is 0 Å². The number of hydrogen-bond donors (Lipinski definition) is 0. The van der Waals surface area contributed by atoms with Crippen LogP contribution in [0.1, 0.15) is 37.3 Å².